The third-order valence-corrected chi connectivity index (χ3v) is 3.43. The molecule has 0 fully saturated rings. The average molecular weight is 326 g/mol. The summed E-state index contributed by atoms with van der Waals surface area (Å²) in [6, 6.07) is 14.6. The second-order valence-electron chi connectivity index (χ2n) is 5.11. The second-order valence-corrected chi connectivity index (χ2v) is 5.11. The number of hydrogen-bond donors (Lipinski definition) is 1. The molecule has 1 heterocycles. The number of hydrogen-bond acceptors (Lipinski definition) is 4. The Hall–Kier alpha value is -3.15. The van der Waals surface area contributed by atoms with Crippen molar-refractivity contribution in [3.63, 3.8) is 0 Å². The number of nitrogens with zero attached hydrogens (tertiary/aromatic N) is 1. The number of benzene rings is 2. The van der Waals surface area contributed by atoms with Gasteiger partial charge in [-0.3, -0.25) is 4.79 Å². The lowest BCUT2D eigenvalue weighted by atomic mass is 10.1. The van der Waals surface area contributed by atoms with E-state index in [9.17, 15) is 9.18 Å². The highest BCUT2D eigenvalue weighted by atomic mass is 19.1. The number of amides is 1. The Balaban J connectivity index is 1.67. The fourth-order valence-corrected chi connectivity index (χ4v) is 2.21. The van der Waals surface area contributed by atoms with Crippen LogP contribution in [0.25, 0.3) is 11.3 Å². The lowest BCUT2D eigenvalue weighted by Gasteiger charge is -2.02. The van der Waals surface area contributed by atoms with Crippen LogP contribution in [0.4, 0.5) is 4.39 Å². The highest BCUT2D eigenvalue weighted by Crippen LogP contribution is 2.24. The predicted octanol–water partition coefficient (Wildman–Crippen LogP) is 3.42. The van der Waals surface area contributed by atoms with Crippen molar-refractivity contribution in [2.24, 2.45) is 0 Å². The van der Waals surface area contributed by atoms with E-state index in [1.54, 1.807) is 19.2 Å². The van der Waals surface area contributed by atoms with Crippen LogP contribution in [0.3, 0.4) is 0 Å². The summed E-state index contributed by atoms with van der Waals surface area (Å²) in [5, 5.41) is 6.60. The zero-order valence-electron chi connectivity index (χ0n) is 13.0. The zero-order chi connectivity index (χ0) is 16.9. The van der Waals surface area contributed by atoms with Crippen molar-refractivity contribution in [2.75, 3.05) is 7.11 Å². The van der Waals surface area contributed by atoms with Crippen molar-refractivity contribution in [2.45, 2.75) is 6.54 Å². The van der Waals surface area contributed by atoms with Gasteiger partial charge in [0.1, 0.15) is 17.3 Å². The second kappa shape index (κ2) is 6.95. The zero-order valence-corrected chi connectivity index (χ0v) is 13.0. The number of carbonyl (C=O) groups is 1. The van der Waals surface area contributed by atoms with Crippen molar-refractivity contribution < 1.29 is 18.4 Å². The molecule has 5 nitrogen and oxygen atoms in total. The van der Waals surface area contributed by atoms with E-state index in [4.69, 9.17) is 9.26 Å². The summed E-state index contributed by atoms with van der Waals surface area (Å²) in [4.78, 5) is 12.0. The average Bonchev–Trinajstić information content (AvgIpc) is 3.09. The summed E-state index contributed by atoms with van der Waals surface area (Å²) in [6.45, 7) is 0.183. The Bertz CT molecular complexity index is 861. The summed E-state index contributed by atoms with van der Waals surface area (Å²) >= 11 is 0. The van der Waals surface area contributed by atoms with Crippen LogP contribution in [-0.2, 0) is 6.54 Å². The summed E-state index contributed by atoms with van der Waals surface area (Å²) < 4.78 is 23.6. The number of carbonyl (C=O) groups excluding carboxylic acids is 1. The highest BCUT2D eigenvalue weighted by molar-refractivity contribution is 5.94. The minimum absolute atomic E-state index is 0.183. The largest absolute Gasteiger partial charge is 0.497 e. The fraction of sp³-hybridized carbons (Fsp3) is 0.111. The van der Waals surface area contributed by atoms with Gasteiger partial charge in [-0.05, 0) is 30.3 Å². The molecule has 3 rings (SSSR count). The molecule has 0 saturated heterocycles. The van der Waals surface area contributed by atoms with Gasteiger partial charge in [-0.25, -0.2) is 4.39 Å². The molecule has 24 heavy (non-hydrogen) atoms. The molecule has 1 amide bonds. The molecule has 0 aliphatic heterocycles. The normalized spacial score (nSPS) is 10.4. The summed E-state index contributed by atoms with van der Waals surface area (Å²) in [6.07, 6.45) is 0. The van der Waals surface area contributed by atoms with Gasteiger partial charge < -0.3 is 14.6 Å². The smallest absolute Gasteiger partial charge is 0.251 e. The van der Waals surface area contributed by atoms with E-state index in [1.807, 2.05) is 24.3 Å². The molecule has 0 unspecified atom stereocenters. The molecule has 1 aromatic heterocycles. The Labute approximate surface area is 138 Å². The molecule has 6 heteroatoms. The molecular weight excluding hydrogens is 311 g/mol. The quantitative estimate of drug-likeness (QED) is 0.780. The number of methoxy groups -OCH3 is 1. The molecule has 122 valence electrons. The summed E-state index contributed by atoms with van der Waals surface area (Å²) in [7, 11) is 1.59. The first-order valence-corrected chi connectivity index (χ1v) is 7.29. The summed E-state index contributed by atoms with van der Waals surface area (Å²) in [5.74, 6) is 0.457. The van der Waals surface area contributed by atoms with Gasteiger partial charge in [0.15, 0.2) is 5.76 Å². The van der Waals surface area contributed by atoms with E-state index in [0.29, 0.717) is 17.2 Å². The third-order valence-electron chi connectivity index (χ3n) is 3.43. The maximum Gasteiger partial charge on any atom is 0.251 e. The van der Waals surface area contributed by atoms with Crippen LogP contribution in [0.2, 0.25) is 0 Å². The van der Waals surface area contributed by atoms with Crippen LogP contribution in [0.1, 0.15) is 16.1 Å². The molecule has 0 bridgehead atoms. The first-order valence-electron chi connectivity index (χ1n) is 7.29. The Morgan fingerprint density at radius 2 is 2.04 bits per heavy atom. The van der Waals surface area contributed by atoms with E-state index in [1.165, 1.54) is 18.2 Å². The van der Waals surface area contributed by atoms with Crippen LogP contribution in [0.5, 0.6) is 5.75 Å². The van der Waals surface area contributed by atoms with Gasteiger partial charge in [-0.15, -0.1) is 0 Å². The first kappa shape index (κ1) is 15.7. The predicted molar refractivity (Wildman–Crippen MR) is 86.1 cm³/mol. The molecule has 0 radical (unpaired) electrons. The number of halogens is 1. The van der Waals surface area contributed by atoms with Gasteiger partial charge in [0.2, 0.25) is 0 Å². The third kappa shape index (κ3) is 3.60. The molecular formula is C18H15FN2O3. The van der Waals surface area contributed by atoms with Gasteiger partial charge in [0, 0.05) is 17.2 Å². The number of rotatable bonds is 5. The standard InChI is InChI=1S/C18H15FN2O3/c1-23-16-7-3-4-12(9-16)17-10-15(21-24-17)11-20-18(22)13-5-2-6-14(19)8-13/h2-10H,11H2,1H3,(H,20,22). The van der Waals surface area contributed by atoms with E-state index in [-0.39, 0.29) is 18.0 Å². The SMILES string of the molecule is COc1cccc(-c2cc(CNC(=O)c3cccc(F)c3)no2)c1. The maximum atomic E-state index is 13.1. The van der Waals surface area contributed by atoms with Crippen LogP contribution in [0.15, 0.2) is 59.1 Å². The molecule has 0 atom stereocenters. The van der Waals surface area contributed by atoms with Crippen molar-refractivity contribution in [3.8, 4) is 17.1 Å². The molecule has 0 aliphatic rings. The van der Waals surface area contributed by atoms with Crippen molar-refractivity contribution >= 4 is 5.91 Å². The maximum absolute atomic E-state index is 13.1. The van der Waals surface area contributed by atoms with E-state index in [2.05, 4.69) is 10.5 Å². The minimum atomic E-state index is -0.454. The van der Waals surface area contributed by atoms with Crippen LogP contribution < -0.4 is 10.1 Å². The van der Waals surface area contributed by atoms with Crippen LogP contribution in [0, 0.1) is 5.82 Å². The monoisotopic (exact) mass is 326 g/mol. The molecule has 3 aromatic rings. The lowest BCUT2D eigenvalue weighted by Crippen LogP contribution is -2.22. The Kier molecular flexibility index (Phi) is 4.56. The number of ether oxygens (including phenoxy) is 1. The van der Waals surface area contributed by atoms with E-state index in [0.717, 1.165) is 5.56 Å². The highest BCUT2D eigenvalue weighted by Gasteiger charge is 2.10. The first-order chi connectivity index (χ1) is 11.7. The topological polar surface area (TPSA) is 64.4 Å². The van der Waals surface area contributed by atoms with Gasteiger partial charge in [-0.2, -0.15) is 0 Å². The van der Waals surface area contributed by atoms with Crippen LogP contribution in [-0.4, -0.2) is 18.2 Å². The summed E-state index contributed by atoms with van der Waals surface area (Å²) in [5.41, 5.74) is 1.65. The molecule has 0 saturated carbocycles. The molecule has 2 aromatic carbocycles. The Morgan fingerprint density at radius 1 is 1.21 bits per heavy atom. The van der Waals surface area contributed by atoms with Gasteiger partial charge >= 0.3 is 0 Å². The Morgan fingerprint density at radius 3 is 2.83 bits per heavy atom. The van der Waals surface area contributed by atoms with Crippen molar-refractivity contribution in [1.29, 1.82) is 0 Å². The molecule has 1 N–H and O–H groups in total. The van der Waals surface area contributed by atoms with Crippen molar-refractivity contribution in [1.82, 2.24) is 10.5 Å². The van der Waals surface area contributed by atoms with Gasteiger partial charge in [-0.1, -0.05) is 23.4 Å². The molecule has 0 spiro atoms. The van der Waals surface area contributed by atoms with Gasteiger partial charge in [0.25, 0.3) is 5.91 Å². The van der Waals surface area contributed by atoms with Crippen molar-refractivity contribution in [3.05, 3.63) is 71.7 Å². The van der Waals surface area contributed by atoms with E-state index >= 15 is 0 Å². The number of aromatic nitrogens is 1. The fourth-order valence-electron chi connectivity index (χ4n) is 2.21. The van der Waals surface area contributed by atoms with Gasteiger partial charge in [0.05, 0.1) is 13.7 Å². The number of nitrogens with one attached hydrogen (secondary N) is 1. The van der Waals surface area contributed by atoms with E-state index < -0.39 is 5.82 Å². The molecule has 0 aliphatic carbocycles. The lowest BCUT2D eigenvalue weighted by molar-refractivity contribution is 0.0949. The van der Waals surface area contributed by atoms with Crippen LogP contribution >= 0.6 is 0 Å². The minimum Gasteiger partial charge on any atom is -0.497 e.